The van der Waals surface area contributed by atoms with Crippen LogP contribution in [-0.4, -0.2) is 30.3 Å². The first-order valence-corrected chi connectivity index (χ1v) is 7.58. The van der Waals surface area contributed by atoms with Crippen LogP contribution in [0.4, 0.5) is 0 Å². The van der Waals surface area contributed by atoms with Gasteiger partial charge in [0.2, 0.25) is 0 Å². The summed E-state index contributed by atoms with van der Waals surface area (Å²) in [5.74, 6) is 1.05. The van der Waals surface area contributed by atoms with Gasteiger partial charge < -0.3 is 10.3 Å². The van der Waals surface area contributed by atoms with Gasteiger partial charge in [0.25, 0.3) is 5.89 Å². The first-order chi connectivity index (χ1) is 10.3. The Hall–Kier alpha value is -1.84. The predicted molar refractivity (Wildman–Crippen MR) is 81.9 cm³/mol. The van der Waals surface area contributed by atoms with Crippen LogP contribution in [0.1, 0.15) is 31.5 Å². The summed E-state index contributed by atoms with van der Waals surface area (Å²) in [4.78, 5) is 5.34. The van der Waals surface area contributed by atoms with E-state index >= 15 is 0 Å². The van der Waals surface area contributed by atoms with E-state index in [0.29, 0.717) is 11.7 Å². The Labute approximate surface area is 136 Å². The standard InChI is InChI=1S/C12H13N7OS.ClH/c13-12(4-1-2-5-12)11-15-10(20-16-11)9-8(3-6-21-9)19-7-14-17-18-19;/h3,6-7H,1-2,4-5,13H2;1H. The van der Waals surface area contributed by atoms with Crippen molar-refractivity contribution >= 4 is 23.7 Å². The summed E-state index contributed by atoms with van der Waals surface area (Å²) in [7, 11) is 0. The smallest absolute Gasteiger partial charge is 0.270 e. The molecule has 1 saturated carbocycles. The molecule has 1 fully saturated rings. The van der Waals surface area contributed by atoms with Crippen molar-refractivity contribution in [1.29, 1.82) is 0 Å². The van der Waals surface area contributed by atoms with Crippen LogP contribution in [0.15, 0.2) is 22.3 Å². The molecule has 0 spiro atoms. The zero-order valence-electron chi connectivity index (χ0n) is 11.5. The molecule has 10 heteroatoms. The van der Waals surface area contributed by atoms with E-state index in [1.54, 1.807) is 4.68 Å². The normalized spacial score (nSPS) is 16.6. The van der Waals surface area contributed by atoms with Crippen molar-refractivity contribution in [2.24, 2.45) is 5.73 Å². The number of aromatic nitrogens is 6. The zero-order chi connectivity index (χ0) is 14.3. The van der Waals surface area contributed by atoms with E-state index in [9.17, 15) is 0 Å². The summed E-state index contributed by atoms with van der Waals surface area (Å²) < 4.78 is 6.99. The third-order valence-corrected chi connectivity index (χ3v) is 4.69. The van der Waals surface area contributed by atoms with Gasteiger partial charge in [0.15, 0.2) is 5.82 Å². The fourth-order valence-corrected chi connectivity index (χ4v) is 3.46. The molecular weight excluding hydrogens is 326 g/mol. The van der Waals surface area contributed by atoms with Gasteiger partial charge in [0, 0.05) is 0 Å². The SMILES string of the molecule is Cl.NC1(c2noc(-c3sccc3-n3cnnn3)n2)CCCC1. The monoisotopic (exact) mass is 339 g/mol. The minimum absolute atomic E-state index is 0. The molecule has 8 nitrogen and oxygen atoms in total. The number of hydrogen-bond acceptors (Lipinski definition) is 8. The minimum Gasteiger partial charge on any atom is -0.333 e. The van der Waals surface area contributed by atoms with Crippen LogP contribution in [0.5, 0.6) is 0 Å². The summed E-state index contributed by atoms with van der Waals surface area (Å²) in [6.07, 6.45) is 5.54. The topological polar surface area (TPSA) is 109 Å². The Morgan fingerprint density at radius 3 is 2.86 bits per heavy atom. The second-order valence-electron chi connectivity index (χ2n) is 5.18. The van der Waals surface area contributed by atoms with E-state index in [1.807, 2.05) is 11.4 Å². The maximum absolute atomic E-state index is 6.36. The molecule has 2 N–H and O–H groups in total. The van der Waals surface area contributed by atoms with Gasteiger partial charge in [-0.1, -0.05) is 18.0 Å². The average molecular weight is 340 g/mol. The molecule has 0 unspecified atom stereocenters. The molecule has 0 saturated heterocycles. The van der Waals surface area contributed by atoms with Crippen LogP contribution < -0.4 is 5.73 Å². The molecule has 3 aromatic heterocycles. The van der Waals surface area contributed by atoms with Crippen molar-refractivity contribution in [2.75, 3.05) is 0 Å². The maximum atomic E-state index is 6.36. The first kappa shape index (κ1) is 15.1. The highest BCUT2D eigenvalue weighted by Gasteiger charge is 2.36. The lowest BCUT2D eigenvalue weighted by Crippen LogP contribution is -2.34. The van der Waals surface area contributed by atoms with Gasteiger partial charge in [0.05, 0.1) is 11.2 Å². The Balaban J connectivity index is 0.00000144. The number of tetrazole rings is 1. The fourth-order valence-electron chi connectivity index (χ4n) is 2.66. The van der Waals surface area contributed by atoms with Crippen molar-refractivity contribution in [3.63, 3.8) is 0 Å². The first-order valence-electron chi connectivity index (χ1n) is 6.71. The highest BCUT2D eigenvalue weighted by Crippen LogP contribution is 2.37. The van der Waals surface area contributed by atoms with E-state index in [4.69, 9.17) is 10.3 Å². The highest BCUT2D eigenvalue weighted by molar-refractivity contribution is 7.14. The van der Waals surface area contributed by atoms with Crippen LogP contribution in [0.3, 0.4) is 0 Å². The molecule has 3 heterocycles. The third kappa shape index (κ3) is 2.40. The molecule has 0 atom stereocenters. The molecule has 0 radical (unpaired) electrons. The Morgan fingerprint density at radius 2 is 2.14 bits per heavy atom. The summed E-state index contributed by atoms with van der Waals surface area (Å²) in [6.45, 7) is 0. The predicted octanol–water partition coefficient (Wildman–Crippen LogP) is 1.92. The number of halogens is 1. The maximum Gasteiger partial charge on any atom is 0.270 e. The fraction of sp³-hybridized carbons (Fsp3) is 0.417. The molecule has 3 aromatic rings. The largest absolute Gasteiger partial charge is 0.333 e. The van der Waals surface area contributed by atoms with E-state index in [1.165, 1.54) is 17.7 Å². The van der Waals surface area contributed by atoms with Gasteiger partial charge in [-0.2, -0.15) is 9.67 Å². The van der Waals surface area contributed by atoms with E-state index < -0.39 is 5.54 Å². The van der Waals surface area contributed by atoms with Gasteiger partial charge in [-0.05, 0) is 34.7 Å². The number of nitrogens with zero attached hydrogens (tertiary/aromatic N) is 6. The molecular formula is C12H14ClN7OS. The minimum atomic E-state index is -0.450. The van der Waals surface area contributed by atoms with Crippen LogP contribution >= 0.6 is 23.7 Å². The Kier molecular flexibility index (Phi) is 3.94. The molecule has 0 bridgehead atoms. The second-order valence-corrected chi connectivity index (χ2v) is 6.09. The molecule has 22 heavy (non-hydrogen) atoms. The van der Waals surface area contributed by atoms with E-state index in [-0.39, 0.29) is 12.4 Å². The average Bonchev–Trinajstić information content (AvgIpc) is 3.25. The lowest BCUT2D eigenvalue weighted by molar-refractivity contribution is 0.373. The van der Waals surface area contributed by atoms with Gasteiger partial charge in [-0.25, -0.2) is 0 Å². The summed E-state index contributed by atoms with van der Waals surface area (Å²) >= 11 is 1.50. The highest BCUT2D eigenvalue weighted by atomic mass is 35.5. The molecule has 1 aliphatic carbocycles. The lowest BCUT2D eigenvalue weighted by Gasteiger charge is -2.17. The molecule has 1 aliphatic rings. The number of nitrogens with two attached hydrogens (primary N) is 1. The van der Waals surface area contributed by atoms with Crippen molar-refractivity contribution in [3.05, 3.63) is 23.6 Å². The summed E-state index contributed by atoms with van der Waals surface area (Å²) in [5.41, 5.74) is 6.73. The number of rotatable bonds is 3. The molecule has 0 aliphatic heterocycles. The molecule has 4 rings (SSSR count). The van der Waals surface area contributed by atoms with Crippen molar-refractivity contribution in [2.45, 2.75) is 31.2 Å². The van der Waals surface area contributed by atoms with Crippen LogP contribution in [0.2, 0.25) is 0 Å². The number of thiophene rings is 1. The molecule has 116 valence electrons. The van der Waals surface area contributed by atoms with E-state index in [0.717, 1.165) is 36.2 Å². The van der Waals surface area contributed by atoms with Crippen LogP contribution in [0.25, 0.3) is 16.5 Å². The third-order valence-electron chi connectivity index (χ3n) is 3.80. The van der Waals surface area contributed by atoms with Crippen molar-refractivity contribution < 1.29 is 4.52 Å². The lowest BCUT2D eigenvalue weighted by atomic mass is 9.99. The quantitative estimate of drug-likeness (QED) is 0.776. The van der Waals surface area contributed by atoms with Crippen LogP contribution in [0, 0.1) is 0 Å². The molecule has 0 aromatic carbocycles. The molecule has 0 amide bonds. The van der Waals surface area contributed by atoms with Crippen molar-refractivity contribution in [1.82, 2.24) is 30.3 Å². The zero-order valence-corrected chi connectivity index (χ0v) is 13.2. The second kappa shape index (κ2) is 5.75. The Bertz CT molecular complexity index is 747. The van der Waals surface area contributed by atoms with Crippen LogP contribution in [-0.2, 0) is 5.54 Å². The van der Waals surface area contributed by atoms with Crippen molar-refractivity contribution in [3.8, 4) is 16.5 Å². The van der Waals surface area contributed by atoms with Gasteiger partial charge >= 0.3 is 0 Å². The van der Waals surface area contributed by atoms with E-state index in [2.05, 4.69) is 25.7 Å². The summed E-state index contributed by atoms with van der Waals surface area (Å²) in [6, 6.07) is 1.91. The number of hydrogen-bond donors (Lipinski definition) is 1. The van der Waals surface area contributed by atoms with Gasteiger partial charge in [-0.15, -0.1) is 28.8 Å². The Morgan fingerprint density at radius 1 is 1.32 bits per heavy atom. The summed E-state index contributed by atoms with van der Waals surface area (Å²) in [5, 5.41) is 17.2. The van der Waals surface area contributed by atoms with Gasteiger partial charge in [0.1, 0.15) is 11.2 Å². The van der Waals surface area contributed by atoms with Gasteiger partial charge in [-0.3, -0.25) is 0 Å².